The number of ether oxygens (including phenoxy) is 2. The van der Waals surface area contributed by atoms with Gasteiger partial charge in [-0.15, -0.1) is 0 Å². The Balaban J connectivity index is 2.03. The number of Topliss-reactive ketones (excluding diaryl/α,β-unsaturated/α-hetero) is 1. The standard InChI is InChI=1S/C17H20N2O5/c1-17(2,3)19-13(21)10-24-16(22)14-12(20)9-23-15(14)18-11-7-5-4-6-8-11/h4-8,18H,9-10H2,1-3H3,(H,19,21). The van der Waals surface area contributed by atoms with Gasteiger partial charge in [0, 0.05) is 11.2 Å². The third-order valence-electron chi connectivity index (χ3n) is 2.94. The molecule has 7 nitrogen and oxygen atoms in total. The quantitative estimate of drug-likeness (QED) is 0.625. The lowest BCUT2D eigenvalue weighted by atomic mass is 10.1. The Hall–Kier alpha value is -2.83. The first-order chi connectivity index (χ1) is 11.3. The largest absolute Gasteiger partial charge is 0.470 e. The minimum Gasteiger partial charge on any atom is -0.470 e. The first-order valence-corrected chi connectivity index (χ1v) is 7.47. The summed E-state index contributed by atoms with van der Waals surface area (Å²) in [5.41, 5.74) is 0.00936. The first-order valence-electron chi connectivity index (χ1n) is 7.47. The molecule has 0 saturated heterocycles. The number of amides is 1. The number of rotatable bonds is 5. The van der Waals surface area contributed by atoms with Crippen molar-refractivity contribution in [3.05, 3.63) is 41.8 Å². The first kappa shape index (κ1) is 17.5. The zero-order chi connectivity index (χ0) is 17.7. The van der Waals surface area contributed by atoms with Crippen LogP contribution in [0.25, 0.3) is 0 Å². The van der Waals surface area contributed by atoms with Crippen LogP contribution < -0.4 is 10.6 Å². The fourth-order valence-corrected chi connectivity index (χ4v) is 2.02. The fraction of sp³-hybridized carbons (Fsp3) is 0.353. The van der Waals surface area contributed by atoms with E-state index in [-0.39, 0.29) is 18.1 Å². The molecule has 0 radical (unpaired) electrons. The van der Waals surface area contributed by atoms with Gasteiger partial charge in [0.25, 0.3) is 5.91 Å². The molecule has 0 fully saturated rings. The summed E-state index contributed by atoms with van der Waals surface area (Å²) in [7, 11) is 0. The van der Waals surface area contributed by atoms with Crippen molar-refractivity contribution in [2.75, 3.05) is 18.5 Å². The molecule has 7 heteroatoms. The number of hydrogen-bond acceptors (Lipinski definition) is 6. The maximum Gasteiger partial charge on any atom is 0.347 e. The molecular weight excluding hydrogens is 312 g/mol. The summed E-state index contributed by atoms with van der Waals surface area (Å²) in [6.07, 6.45) is 0. The highest BCUT2D eigenvalue weighted by Crippen LogP contribution is 2.20. The predicted octanol–water partition coefficient (Wildman–Crippen LogP) is 1.37. The van der Waals surface area contributed by atoms with Crippen LogP contribution in [0.15, 0.2) is 41.8 Å². The van der Waals surface area contributed by atoms with Crippen LogP contribution in [-0.4, -0.2) is 36.4 Å². The highest BCUT2D eigenvalue weighted by Gasteiger charge is 2.33. The molecule has 1 aromatic carbocycles. The summed E-state index contributed by atoms with van der Waals surface area (Å²) < 4.78 is 10.1. The Bertz CT molecular complexity index is 674. The summed E-state index contributed by atoms with van der Waals surface area (Å²) in [6.45, 7) is 4.72. The zero-order valence-corrected chi connectivity index (χ0v) is 13.8. The number of carbonyl (C=O) groups is 3. The van der Waals surface area contributed by atoms with Gasteiger partial charge in [-0.1, -0.05) is 18.2 Å². The van der Waals surface area contributed by atoms with Crippen molar-refractivity contribution in [1.29, 1.82) is 0 Å². The number of esters is 1. The van der Waals surface area contributed by atoms with Crippen molar-refractivity contribution in [1.82, 2.24) is 5.32 Å². The smallest absolute Gasteiger partial charge is 0.347 e. The molecule has 0 spiro atoms. The van der Waals surface area contributed by atoms with Crippen molar-refractivity contribution in [3.8, 4) is 0 Å². The van der Waals surface area contributed by atoms with Gasteiger partial charge >= 0.3 is 5.97 Å². The molecule has 24 heavy (non-hydrogen) atoms. The van der Waals surface area contributed by atoms with E-state index in [0.717, 1.165) is 0 Å². The third-order valence-corrected chi connectivity index (χ3v) is 2.94. The number of nitrogens with one attached hydrogen (secondary N) is 2. The molecule has 2 rings (SSSR count). The third kappa shape index (κ3) is 4.84. The molecule has 1 aliphatic rings. The van der Waals surface area contributed by atoms with Gasteiger partial charge in [0.2, 0.25) is 11.7 Å². The summed E-state index contributed by atoms with van der Waals surface area (Å²) in [6, 6.07) is 8.96. The van der Waals surface area contributed by atoms with Gasteiger partial charge in [0.05, 0.1) is 0 Å². The molecular formula is C17H20N2O5. The molecule has 0 saturated carbocycles. The number of hydrogen-bond donors (Lipinski definition) is 2. The molecule has 0 unspecified atom stereocenters. The van der Waals surface area contributed by atoms with E-state index in [1.165, 1.54) is 0 Å². The van der Waals surface area contributed by atoms with Crippen molar-refractivity contribution >= 4 is 23.3 Å². The monoisotopic (exact) mass is 332 g/mol. The molecule has 1 heterocycles. The molecule has 0 aromatic heterocycles. The van der Waals surface area contributed by atoms with Gasteiger partial charge in [-0.25, -0.2) is 4.79 Å². The topological polar surface area (TPSA) is 93.7 Å². The van der Waals surface area contributed by atoms with Crippen LogP contribution in [0.3, 0.4) is 0 Å². The van der Waals surface area contributed by atoms with Crippen LogP contribution in [0.4, 0.5) is 5.69 Å². The minimum atomic E-state index is -0.889. The van der Waals surface area contributed by atoms with E-state index in [2.05, 4.69) is 10.6 Å². The Kier molecular flexibility index (Phi) is 5.23. The second-order valence-electron chi connectivity index (χ2n) is 6.28. The van der Waals surface area contributed by atoms with Crippen LogP contribution in [0, 0.1) is 0 Å². The second-order valence-corrected chi connectivity index (χ2v) is 6.28. The number of ketones is 1. The lowest BCUT2D eigenvalue weighted by Crippen LogP contribution is -2.42. The number of carbonyl (C=O) groups excluding carboxylic acids is 3. The molecule has 128 valence electrons. The molecule has 1 aliphatic heterocycles. The summed E-state index contributed by atoms with van der Waals surface area (Å²) in [5, 5.41) is 5.53. The van der Waals surface area contributed by atoms with Crippen molar-refractivity contribution in [3.63, 3.8) is 0 Å². The van der Waals surface area contributed by atoms with Gasteiger partial charge in [-0.2, -0.15) is 0 Å². The average Bonchev–Trinajstić information content (AvgIpc) is 2.85. The normalized spacial score (nSPS) is 14.2. The molecule has 1 aromatic rings. The highest BCUT2D eigenvalue weighted by molar-refractivity contribution is 6.20. The second kappa shape index (κ2) is 7.16. The number of para-hydroxylation sites is 1. The molecule has 0 bridgehead atoms. The lowest BCUT2D eigenvalue weighted by Gasteiger charge is -2.20. The summed E-state index contributed by atoms with van der Waals surface area (Å²) >= 11 is 0. The Labute approximate surface area is 140 Å². The zero-order valence-electron chi connectivity index (χ0n) is 13.8. The van der Waals surface area contributed by atoms with E-state index in [1.807, 2.05) is 26.8 Å². The summed E-state index contributed by atoms with van der Waals surface area (Å²) in [4.78, 5) is 35.7. The minimum absolute atomic E-state index is 0.0347. The van der Waals surface area contributed by atoms with E-state index in [9.17, 15) is 14.4 Å². The van der Waals surface area contributed by atoms with Crippen molar-refractivity contribution < 1.29 is 23.9 Å². The van der Waals surface area contributed by atoms with E-state index in [0.29, 0.717) is 5.69 Å². The van der Waals surface area contributed by atoms with Gasteiger partial charge in [0.1, 0.15) is 0 Å². The number of benzene rings is 1. The van der Waals surface area contributed by atoms with Crippen LogP contribution in [-0.2, 0) is 23.9 Å². The van der Waals surface area contributed by atoms with Crippen molar-refractivity contribution in [2.45, 2.75) is 26.3 Å². The predicted molar refractivity (Wildman–Crippen MR) is 86.9 cm³/mol. The van der Waals surface area contributed by atoms with Crippen LogP contribution >= 0.6 is 0 Å². The SMILES string of the molecule is CC(C)(C)NC(=O)COC(=O)C1=C(Nc2ccccc2)OCC1=O. The van der Waals surface area contributed by atoms with E-state index >= 15 is 0 Å². The van der Waals surface area contributed by atoms with Crippen LogP contribution in [0.1, 0.15) is 20.8 Å². The van der Waals surface area contributed by atoms with Gasteiger partial charge in [-0.3, -0.25) is 9.59 Å². The molecule has 0 aliphatic carbocycles. The van der Waals surface area contributed by atoms with E-state index in [1.54, 1.807) is 24.3 Å². The van der Waals surface area contributed by atoms with Gasteiger partial charge in [-0.05, 0) is 32.9 Å². The van der Waals surface area contributed by atoms with E-state index < -0.39 is 29.8 Å². The van der Waals surface area contributed by atoms with Gasteiger partial charge in [0.15, 0.2) is 18.8 Å². The number of anilines is 1. The van der Waals surface area contributed by atoms with Crippen LogP contribution in [0.2, 0.25) is 0 Å². The molecule has 1 amide bonds. The Morgan fingerprint density at radius 3 is 2.50 bits per heavy atom. The van der Waals surface area contributed by atoms with Crippen molar-refractivity contribution in [2.24, 2.45) is 0 Å². The lowest BCUT2D eigenvalue weighted by molar-refractivity contribution is -0.146. The average molecular weight is 332 g/mol. The maximum atomic E-state index is 12.1. The highest BCUT2D eigenvalue weighted by atomic mass is 16.5. The van der Waals surface area contributed by atoms with Gasteiger partial charge < -0.3 is 20.1 Å². The Morgan fingerprint density at radius 1 is 1.21 bits per heavy atom. The molecule has 2 N–H and O–H groups in total. The maximum absolute atomic E-state index is 12.1. The Morgan fingerprint density at radius 2 is 1.88 bits per heavy atom. The van der Waals surface area contributed by atoms with E-state index in [4.69, 9.17) is 9.47 Å². The fourth-order valence-electron chi connectivity index (χ4n) is 2.02. The summed E-state index contributed by atoms with van der Waals surface area (Å²) in [5.74, 6) is -1.79. The van der Waals surface area contributed by atoms with Crippen LogP contribution in [0.5, 0.6) is 0 Å². The molecule has 0 atom stereocenters.